The summed E-state index contributed by atoms with van der Waals surface area (Å²) in [5.41, 5.74) is 7.46. The second-order valence-corrected chi connectivity index (χ2v) is 9.59. The molecule has 3 aromatic carbocycles. The van der Waals surface area contributed by atoms with Crippen molar-refractivity contribution in [3.8, 4) is 0 Å². The van der Waals surface area contributed by atoms with Crippen LogP contribution in [0.1, 0.15) is 92.7 Å². The van der Waals surface area contributed by atoms with Crippen molar-refractivity contribution in [1.29, 1.82) is 0 Å². The lowest BCUT2D eigenvalue weighted by molar-refractivity contribution is -0.385. The highest BCUT2D eigenvalue weighted by atomic mass is 16.6. The van der Waals surface area contributed by atoms with Gasteiger partial charge in [-0.05, 0) is 55.2 Å². The van der Waals surface area contributed by atoms with Crippen LogP contribution in [0.15, 0.2) is 66.7 Å². The van der Waals surface area contributed by atoms with Gasteiger partial charge in [0.05, 0.1) is 4.92 Å². The zero-order valence-electron chi connectivity index (χ0n) is 21.8. The Bertz CT molecular complexity index is 935. The van der Waals surface area contributed by atoms with Gasteiger partial charge in [-0.15, -0.1) is 0 Å². The Kier molecular flexibility index (Phi) is 11.6. The average Bonchev–Trinajstić information content (AvgIpc) is 2.75. The van der Waals surface area contributed by atoms with Crippen LogP contribution >= 0.6 is 0 Å². The molecule has 33 heavy (non-hydrogen) atoms. The molecule has 0 aliphatic carbocycles. The fourth-order valence-corrected chi connectivity index (χ4v) is 3.08. The zero-order chi connectivity index (χ0) is 25.1. The van der Waals surface area contributed by atoms with Gasteiger partial charge >= 0.3 is 0 Å². The van der Waals surface area contributed by atoms with E-state index in [1.165, 1.54) is 22.3 Å². The maximum Gasteiger partial charge on any atom is 0.272 e. The molecule has 0 aromatic heterocycles. The van der Waals surface area contributed by atoms with E-state index in [0.717, 1.165) is 11.1 Å². The molecule has 3 aromatic rings. The van der Waals surface area contributed by atoms with Gasteiger partial charge in [-0.25, -0.2) is 0 Å². The fraction of sp³-hybridized carbons (Fsp3) is 0.400. The number of nitrogens with zero attached hydrogens (tertiary/aromatic N) is 1. The van der Waals surface area contributed by atoms with Crippen molar-refractivity contribution in [3.05, 3.63) is 110 Å². The molecule has 0 amide bonds. The lowest BCUT2D eigenvalue weighted by Gasteiger charge is -2.05. The molecule has 0 saturated heterocycles. The topological polar surface area (TPSA) is 43.1 Å². The fourth-order valence-electron chi connectivity index (χ4n) is 3.08. The van der Waals surface area contributed by atoms with Gasteiger partial charge in [0.25, 0.3) is 5.69 Å². The standard InChI is InChI=1S/C10H13NO2.2C10H14/c1-7(2)9-5-4-8(3)10(6-9)11(12)13;2*1-8(2)10-6-4-9(3)5-7-10/h4-7H,1-3H3;2*4-8H,1-3H3. The first-order valence-electron chi connectivity index (χ1n) is 11.8. The van der Waals surface area contributed by atoms with Gasteiger partial charge in [0.2, 0.25) is 0 Å². The van der Waals surface area contributed by atoms with Crippen LogP contribution in [0.2, 0.25) is 0 Å². The Morgan fingerprint density at radius 3 is 1.21 bits per heavy atom. The average molecular weight is 448 g/mol. The number of rotatable bonds is 4. The van der Waals surface area contributed by atoms with E-state index in [0.29, 0.717) is 17.8 Å². The van der Waals surface area contributed by atoms with Crippen molar-refractivity contribution in [1.82, 2.24) is 0 Å². The molecule has 0 radical (unpaired) electrons. The normalized spacial score (nSPS) is 10.4. The molecule has 0 bridgehead atoms. The number of hydrogen-bond donors (Lipinski definition) is 0. The molecule has 0 aliphatic rings. The highest BCUT2D eigenvalue weighted by Gasteiger charge is 2.11. The summed E-state index contributed by atoms with van der Waals surface area (Å²) in [5.74, 6) is 1.64. The van der Waals surface area contributed by atoms with Crippen molar-refractivity contribution in [2.45, 2.75) is 80.1 Å². The summed E-state index contributed by atoms with van der Waals surface area (Å²) in [7, 11) is 0. The molecule has 0 spiro atoms. The second kappa shape index (κ2) is 13.6. The molecule has 3 nitrogen and oxygen atoms in total. The molecule has 178 valence electrons. The number of aryl methyl sites for hydroxylation is 3. The van der Waals surface area contributed by atoms with Gasteiger partial charge < -0.3 is 0 Å². The first-order valence-corrected chi connectivity index (χ1v) is 11.8. The van der Waals surface area contributed by atoms with E-state index >= 15 is 0 Å². The summed E-state index contributed by atoms with van der Waals surface area (Å²) in [6.45, 7) is 18.9. The van der Waals surface area contributed by atoms with Crippen molar-refractivity contribution in [2.24, 2.45) is 0 Å². The molecule has 0 fully saturated rings. The summed E-state index contributed by atoms with van der Waals surface area (Å²) in [6.07, 6.45) is 0. The molecule has 0 aliphatic heterocycles. The third-order valence-corrected chi connectivity index (χ3v) is 5.58. The SMILES string of the molecule is Cc1ccc(C(C)C)cc1.Cc1ccc(C(C)C)cc1.Cc1ccc(C(C)C)cc1[N+](=O)[O-]. The van der Waals surface area contributed by atoms with Gasteiger partial charge in [0.15, 0.2) is 0 Å². The van der Waals surface area contributed by atoms with E-state index in [1.54, 1.807) is 19.1 Å². The lowest BCUT2D eigenvalue weighted by atomic mass is 10.0. The van der Waals surface area contributed by atoms with Gasteiger partial charge in [-0.3, -0.25) is 10.1 Å². The first-order chi connectivity index (χ1) is 15.4. The predicted molar refractivity (Wildman–Crippen MR) is 142 cm³/mol. The number of hydrogen-bond acceptors (Lipinski definition) is 2. The predicted octanol–water partition coefficient (Wildman–Crippen LogP) is 9.26. The van der Waals surface area contributed by atoms with E-state index in [2.05, 4.69) is 90.1 Å². The maximum atomic E-state index is 10.6. The van der Waals surface area contributed by atoms with Gasteiger partial charge in [-0.2, -0.15) is 0 Å². The highest BCUT2D eigenvalue weighted by Crippen LogP contribution is 2.23. The molecule has 3 heteroatoms. The molecule has 3 rings (SSSR count). The molecule has 0 N–H and O–H groups in total. The zero-order valence-corrected chi connectivity index (χ0v) is 21.8. The van der Waals surface area contributed by atoms with Crippen LogP contribution in [-0.4, -0.2) is 4.92 Å². The van der Waals surface area contributed by atoms with Crippen LogP contribution in [0.5, 0.6) is 0 Å². The van der Waals surface area contributed by atoms with Gasteiger partial charge in [-0.1, -0.05) is 113 Å². The molecule has 0 atom stereocenters. The summed E-state index contributed by atoms with van der Waals surface area (Å²) in [5, 5.41) is 10.6. The van der Waals surface area contributed by atoms with Crippen LogP contribution in [0.4, 0.5) is 5.69 Å². The largest absolute Gasteiger partial charge is 0.272 e. The van der Waals surface area contributed by atoms with Crippen molar-refractivity contribution in [3.63, 3.8) is 0 Å². The monoisotopic (exact) mass is 447 g/mol. The summed E-state index contributed by atoms with van der Waals surface area (Å²) in [6, 6.07) is 22.8. The second-order valence-electron chi connectivity index (χ2n) is 9.59. The maximum absolute atomic E-state index is 10.6. The molecule has 0 heterocycles. The first kappa shape index (κ1) is 28.1. The quantitative estimate of drug-likeness (QED) is 0.295. The van der Waals surface area contributed by atoms with Crippen LogP contribution in [0.25, 0.3) is 0 Å². The molecule has 0 unspecified atom stereocenters. The lowest BCUT2D eigenvalue weighted by Crippen LogP contribution is -1.94. The molecular weight excluding hydrogens is 406 g/mol. The van der Waals surface area contributed by atoms with Crippen LogP contribution in [-0.2, 0) is 0 Å². The molecule has 0 saturated carbocycles. The Hall–Kier alpha value is -2.94. The minimum Gasteiger partial charge on any atom is -0.258 e. The van der Waals surface area contributed by atoms with Gasteiger partial charge in [0, 0.05) is 11.6 Å². The van der Waals surface area contributed by atoms with E-state index in [4.69, 9.17) is 0 Å². The summed E-state index contributed by atoms with van der Waals surface area (Å²) < 4.78 is 0. The smallest absolute Gasteiger partial charge is 0.258 e. The minimum atomic E-state index is -0.332. The number of nitro benzene ring substituents is 1. The third kappa shape index (κ3) is 10.0. The van der Waals surface area contributed by atoms with E-state index in [9.17, 15) is 10.1 Å². The van der Waals surface area contributed by atoms with Crippen LogP contribution < -0.4 is 0 Å². The Balaban J connectivity index is 0.000000251. The third-order valence-electron chi connectivity index (χ3n) is 5.58. The highest BCUT2D eigenvalue weighted by molar-refractivity contribution is 5.43. The van der Waals surface area contributed by atoms with Crippen LogP contribution in [0, 0.1) is 30.9 Å². The van der Waals surface area contributed by atoms with Crippen molar-refractivity contribution in [2.75, 3.05) is 0 Å². The summed E-state index contributed by atoms with van der Waals surface area (Å²) >= 11 is 0. The van der Waals surface area contributed by atoms with E-state index < -0.39 is 0 Å². The van der Waals surface area contributed by atoms with Crippen molar-refractivity contribution >= 4 is 5.69 Å². The Morgan fingerprint density at radius 1 is 0.576 bits per heavy atom. The summed E-state index contributed by atoms with van der Waals surface area (Å²) in [4.78, 5) is 10.3. The van der Waals surface area contributed by atoms with Crippen LogP contribution in [0.3, 0.4) is 0 Å². The molecular formula is C30H41NO2. The van der Waals surface area contributed by atoms with E-state index in [-0.39, 0.29) is 10.6 Å². The van der Waals surface area contributed by atoms with Gasteiger partial charge in [0.1, 0.15) is 0 Å². The number of benzene rings is 3. The van der Waals surface area contributed by atoms with Crippen molar-refractivity contribution < 1.29 is 4.92 Å². The Labute approximate surface area is 201 Å². The Morgan fingerprint density at radius 2 is 0.909 bits per heavy atom. The van der Waals surface area contributed by atoms with E-state index in [1.807, 2.05) is 19.9 Å². The minimum absolute atomic E-state index is 0.214. The number of nitro groups is 1.